The number of pyridine rings is 1. The molecule has 3 heteroatoms. The van der Waals surface area contributed by atoms with Crippen LogP contribution in [0.3, 0.4) is 0 Å². The van der Waals surface area contributed by atoms with Crippen molar-refractivity contribution in [2.75, 3.05) is 19.0 Å². The van der Waals surface area contributed by atoms with Crippen LogP contribution in [-0.4, -0.2) is 18.6 Å². The van der Waals surface area contributed by atoms with Gasteiger partial charge in [0.15, 0.2) is 0 Å². The molecule has 1 aromatic heterocycles. The van der Waals surface area contributed by atoms with Crippen LogP contribution >= 0.6 is 0 Å². The first-order valence-electron chi connectivity index (χ1n) is 7.12. The molecule has 1 heterocycles. The van der Waals surface area contributed by atoms with Crippen LogP contribution in [0, 0.1) is 0 Å². The first-order chi connectivity index (χ1) is 9.84. The normalized spacial score (nSPS) is 16.2. The zero-order chi connectivity index (χ0) is 13.8. The van der Waals surface area contributed by atoms with E-state index in [1.165, 1.54) is 24.8 Å². The molecule has 20 heavy (non-hydrogen) atoms. The van der Waals surface area contributed by atoms with Crippen molar-refractivity contribution in [3.8, 4) is 5.75 Å². The molecule has 2 aromatic rings. The standard InChI is InChI=1S/C17H20N2O/c1-20-15-8-3-2-7-14(15)17(10-6-11-17)13-19-16-9-4-5-12-18-16/h2-5,7-9,12H,6,10-11,13H2,1H3,(H,18,19). The monoisotopic (exact) mass is 268 g/mol. The number of benzene rings is 1. The fourth-order valence-electron chi connectivity index (χ4n) is 2.95. The fraction of sp³-hybridized carbons (Fsp3) is 0.353. The molecule has 0 spiro atoms. The van der Waals surface area contributed by atoms with Crippen molar-refractivity contribution in [2.24, 2.45) is 0 Å². The molecular formula is C17H20N2O. The summed E-state index contributed by atoms with van der Waals surface area (Å²) in [7, 11) is 1.75. The van der Waals surface area contributed by atoms with Crippen molar-refractivity contribution in [1.29, 1.82) is 0 Å². The van der Waals surface area contributed by atoms with Crippen molar-refractivity contribution in [3.63, 3.8) is 0 Å². The molecular weight excluding hydrogens is 248 g/mol. The zero-order valence-corrected chi connectivity index (χ0v) is 11.8. The predicted molar refractivity (Wildman–Crippen MR) is 81.2 cm³/mol. The SMILES string of the molecule is COc1ccccc1C1(CNc2ccccn2)CCC1. The Morgan fingerprint density at radius 2 is 1.95 bits per heavy atom. The Bertz CT molecular complexity index is 564. The lowest BCUT2D eigenvalue weighted by Crippen LogP contribution is -2.41. The molecule has 0 atom stereocenters. The van der Waals surface area contributed by atoms with E-state index >= 15 is 0 Å². The highest BCUT2D eigenvalue weighted by Gasteiger charge is 2.40. The average Bonchev–Trinajstić information content (AvgIpc) is 2.48. The molecule has 1 N–H and O–H groups in total. The third-order valence-electron chi connectivity index (χ3n) is 4.26. The van der Waals surface area contributed by atoms with Gasteiger partial charge in [-0.3, -0.25) is 0 Å². The fourth-order valence-corrected chi connectivity index (χ4v) is 2.95. The number of rotatable bonds is 5. The van der Waals surface area contributed by atoms with Crippen LogP contribution < -0.4 is 10.1 Å². The summed E-state index contributed by atoms with van der Waals surface area (Å²) < 4.78 is 5.54. The van der Waals surface area contributed by atoms with Crippen molar-refractivity contribution in [3.05, 3.63) is 54.2 Å². The van der Waals surface area contributed by atoms with Gasteiger partial charge in [-0.05, 0) is 31.0 Å². The second kappa shape index (κ2) is 5.53. The van der Waals surface area contributed by atoms with Gasteiger partial charge in [-0.2, -0.15) is 0 Å². The van der Waals surface area contributed by atoms with Gasteiger partial charge in [0.1, 0.15) is 11.6 Å². The van der Waals surface area contributed by atoms with E-state index in [4.69, 9.17) is 4.74 Å². The number of hydrogen-bond donors (Lipinski definition) is 1. The van der Waals surface area contributed by atoms with Gasteiger partial charge in [0.25, 0.3) is 0 Å². The van der Waals surface area contributed by atoms with Gasteiger partial charge in [-0.1, -0.05) is 30.7 Å². The number of ether oxygens (including phenoxy) is 1. The summed E-state index contributed by atoms with van der Waals surface area (Å²) in [5, 5.41) is 3.47. The van der Waals surface area contributed by atoms with Crippen LogP contribution in [0.5, 0.6) is 5.75 Å². The number of nitrogens with one attached hydrogen (secondary N) is 1. The van der Waals surface area contributed by atoms with E-state index in [0.29, 0.717) is 0 Å². The molecule has 0 bridgehead atoms. The van der Waals surface area contributed by atoms with Gasteiger partial charge >= 0.3 is 0 Å². The predicted octanol–water partition coefficient (Wildman–Crippen LogP) is 3.62. The van der Waals surface area contributed by atoms with E-state index in [0.717, 1.165) is 18.1 Å². The number of aromatic nitrogens is 1. The summed E-state index contributed by atoms with van der Waals surface area (Å²) in [6.07, 6.45) is 5.50. The van der Waals surface area contributed by atoms with Gasteiger partial charge in [-0.15, -0.1) is 0 Å². The highest BCUT2D eigenvalue weighted by Crippen LogP contribution is 2.47. The van der Waals surface area contributed by atoms with E-state index in [1.54, 1.807) is 7.11 Å². The van der Waals surface area contributed by atoms with E-state index in [2.05, 4.69) is 28.5 Å². The largest absolute Gasteiger partial charge is 0.496 e. The minimum absolute atomic E-state index is 0.185. The van der Waals surface area contributed by atoms with Crippen molar-refractivity contribution in [2.45, 2.75) is 24.7 Å². The molecule has 3 rings (SSSR count). The summed E-state index contributed by atoms with van der Waals surface area (Å²) in [5.74, 6) is 1.93. The molecule has 1 aliphatic carbocycles. The molecule has 0 amide bonds. The Kier molecular flexibility index (Phi) is 3.59. The second-order valence-corrected chi connectivity index (χ2v) is 5.40. The lowest BCUT2D eigenvalue weighted by atomic mass is 9.64. The van der Waals surface area contributed by atoms with E-state index in [-0.39, 0.29) is 5.41 Å². The minimum Gasteiger partial charge on any atom is -0.496 e. The van der Waals surface area contributed by atoms with Crippen LogP contribution in [0.15, 0.2) is 48.7 Å². The summed E-state index contributed by atoms with van der Waals surface area (Å²) in [6, 6.07) is 14.3. The highest BCUT2D eigenvalue weighted by molar-refractivity contribution is 5.44. The van der Waals surface area contributed by atoms with Crippen LogP contribution in [0.2, 0.25) is 0 Å². The van der Waals surface area contributed by atoms with E-state index in [9.17, 15) is 0 Å². The van der Waals surface area contributed by atoms with Crippen LogP contribution in [0.1, 0.15) is 24.8 Å². The molecule has 0 radical (unpaired) electrons. The number of hydrogen-bond acceptors (Lipinski definition) is 3. The van der Waals surface area contributed by atoms with E-state index < -0.39 is 0 Å². The third-order valence-corrected chi connectivity index (χ3v) is 4.26. The van der Waals surface area contributed by atoms with E-state index in [1.807, 2.05) is 30.5 Å². The summed E-state index contributed by atoms with van der Waals surface area (Å²) in [5.41, 5.74) is 1.50. The number of methoxy groups -OCH3 is 1. The third kappa shape index (κ3) is 2.36. The van der Waals surface area contributed by atoms with Gasteiger partial charge < -0.3 is 10.1 Å². The van der Waals surface area contributed by atoms with Gasteiger partial charge in [0.2, 0.25) is 0 Å². The molecule has 0 saturated heterocycles. The van der Waals surface area contributed by atoms with Crippen LogP contribution in [0.25, 0.3) is 0 Å². The first-order valence-corrected chi connectivity index (χ1v) is 7.12. The number of anilines is 1. The van der Waals surface area contributed by atoms with Crippen molar-refractivity contribution in [1.82, 2.24) is 4.98 Å². The second-order valence-electron chi connectivity index (χ2n) is 5.40. The molecule has 1 saturated carbocycles. The van der Waals surface area contributed by atoms with Gasteiger partial charge in [0, 0.05) is 23.7 Å². The molecule has 104 valence electrons. The van der Waals surface area contributed by atoms with Crippen molar-refractivity contribution >= 4 is 5.82 Å². The summed E-state index contributed by atoms with van der Waals surface area (Å²) in [6.45, 7) is 0.907. The smallest absolute Gasteiger partial charge is 0.125 e. The maximum atomic E-state index is 5.54. The molecule has 1 aromatic carbocycles. The lowest BCUT2D eigenvalue weighted by Gasteiger charge is -2.43. The molecule has 1 fully saturated rings. The zero-order valence-electron chi connectivity index (χ0n) is 11.8. The Balaban J connectivity index is 1.81. The quantitative estimate of drug-likeness (QED) is 0.899. The summed E-state index contributed by atoms with van der Waals surface area (Å²) in [4.78, 5) is 4.33. The van der Waals surface area contributed by atoms with Crippen LogP contribution in [-0.2, 0) is 5.41 Å². The Hall–Kier alpha value is -2.03. The van der Waals surface area contributed by atoms with Gasteiger partial charge in [-0.25, -0.2) is 4.98 Å². The number of para-hydroxylation sites is 1. The Morgan fingerprint density at radius 3 is 2.60 bits per heavy atom. The molecule has 1 aliphatic rings. The highest BCUT2D eigenvalue weighted by atomic mass is 16.5. The maximum Gasteiger partial charge on any atom is 0.125 e. The van der Waals surface area contributed by atoms with Gasteiger partial charge in [0.05, 0.1) is 7.11 Å². The molecule has 3 nitrogen and oxygen atoms in total. The Labute approximate surface area is 120 Å². The molecule has 0 unspecified atom stereocenters. The maximum absolute atomic E-state index is 5.54. The van der Waals surface area contributed by atoms with Crippen molar-refractivity contribution < 1.29 is 4.74 Å². The lowest BCUT2D eigenvalue weighted by molar-refractivity contribution is 0.250. The Morgan fingerprint density at radius 1 is 1.15 bits per heavy atom. The minimum atomic E-state index is 0.185. The average molecular weight is 268 g/mol. The summed E-state index contributed by atoms with van der Waals surface area (Å²) >= 11 is 0. The topological polar surface area (TPSA) is 34.1 Å². The molecule has 0 aliphatic heterocycles. The van der Waals surface area contributed by atoms with Crippen LogP contribution in [0.4, 0.5) is 5.82 Å². The number of nitrogens with zero attached hydrogens (tertiary/aromatic N) is 1. The first kappa shape index (κ1) is 13.0.